The molecule has 2 aromatic heterocycles. The topological polar surface area (TPSA) is 128 Å². The summed E-state index contributed by atoms with van der Waals surface area (Å²) < 4.78 is 1.43. The highest BCUT2D eigenvalue weighted by Gasteiger charge is 2.13. The second kappa shape index (κ2) is 8.34. The lowest BCUT2D eigenvalue weighted by Gasteiger charge is -2.07. The van der Waals surface area contributed by atoms with Crippen LogP contribution in [0, 0.1) is 11.3 Å². The Kier molecular flexibility index (Phi) is 5.27. The summed E-state index contributed by atoms with van der Waals surface area (Å²) in [5.41, 5.74) is 3.51. The molecule has 0 saturated carbocycles. The molecule has 9 heteroatoms. The molecule has 0 radical (unpaired) electrons. The number of H-pyrrole nitrogens is 1. The van der Waals surface area contributed by atoms with Gasteiger partial charge in [0.05, 0.1) is 5.52 Å². The first kappa shape index (κ1) is 19.6. The van der Waals surface area contributed by atoms with E-state index in [1.807, 2.05) is 6.07 Å². The summed E-state index contributed by atoms with van der Waals surface area (Å²) in [7, 11) is 1.54. The van der Waals surface area contributed by atoms with Crippen molar-refractivity contribution in [3.8, 4) is 6.07 Å². The normalized spacial score (nSPS) is 11.2. The first-order valence-corrected chi connectivity index (χ1v) is 9.33. The van der Waals surface area contributed by atoms with Crippen LogP contribution in [-0.2, 0) is 0 Å². The minimum atomic E-state index is -0.353. The Labute approximate surface area is 177 Å². The molecule has 4 aromatic rings. The fourth-order valence-electron chi connectivity index (χ4n) is 3.05. The fourth-order valence-corrected chi connectivity index (χ4v) is 3.05. The molecule has 3 N–H and O–H groups in total. The van der Waals surface area contributed by atoms with Crippen LogP contribution < -0.4 is 10.6 Å². The number of aromatic amines is 1. The number of amides is 2. The van der Waals surface area contributed by atoms with Gasteiger partial charge in [0.15, 0.2) is 0 Å². The second-order valence-corrected chi connectivity index (χ2v) is 6.60. The summed E-state index contributed by atoms with van der Waals surface area (Å²) in [5, 5.41) is 23.0. The third kappa shape index (κ3) is 4.04. The number of anilines is 1. The van der Waals surface area contributed by atoms with E-state index in [0.29, 0.717) is 33.5 Å². The van der Waals surface area contributed by atoms with Crippen LogP contribution in [0.5, 0.6) is 0 Å². The van der Waals surface area contributed by atoms with Gasteiger partial charge in [0.1, 0.15) is 17.3 Å². The molecule has 152 valence electrons. The van der Waals surface area contributed by atoms with Crippen LogP contribution in [0.2, 0.25) is 0 Å². The first-order chi connectivity index (χ1) is 15.1. The molecule has 0 aliphatic rings. The molecule has 4 rings (SSSR count). The van der Waals surface area contributed by atoms with Gasteiger partial charge < -0.3 is 15.6 Å². The number of fused-ring (bicyclic) bond motifs is 1. The van der Waals surface area contributed by atoms with E-state index in [1.165, 1.54) is 4.68 Å². The Balaban J connectivity index is 1.60. The number of nitriles is 1. The third-order valence-corrected chi connectivity index (χ3v) is 4.59. The van der Waals surface area contributed by atoms with E-state index in [4.69, 9.17) is 0 Å². The summed E-state index contributed by atoms with van der Waals surface area (Å²) in [6, 6.07) is 15.5. The number of carbonyl (C=O) groups is 2. The summed E-state index contributed by atoms with van der Waals surface area (Å²) in [4.78, 5) is 27.4. The first-order valence-electron chi connectivity index (χ1n) is 9.33. The highest BCUT2D eigenvalue weighted by Crippen LogP contribution is 2.20. The van der Waals surface area contributed by atoms with Crippen LogP contribution >= 0.6 is 0 Å². The number of carbonyl (C=O) groups excluding carboxylic acids is 2. The summed E-state index contributed by atoms with van der Waals surface area (Å²) >= 11 is 0. The SMILES string of the molecule is CNC(=O)c1cccc(NC(=O)c2ccc3c(c2)nnn3/C(C#N)=C/c2cc[nH]c2)c1. The maximum atomic E-state index is 12.7. The largest absolute Gasteiger partial charge is 0.367 e. The molecule has 2 aromatic carbocycles. The van der Waals surface area contributed by atoms with E-state index in [2.05, 4.69) is 32.0 Å². The van der Waals surface area contributed by atoms with Gasteiger partial charge in [-0.1, -0.05) is 11.3 Å². The molecule has 0 aliphatic heterocycles. The van der Waals surface area contributed by atoms with E-state index in [0.717, 1.165) is 5.56 Å². The number of hydrogen-bond acceptors (Lipinski definition) is 5. The van der Waals surface area contributed by atoms with Gasteiger partial charge in [-0.3, -0.25) is 9.59 Å². The minimum absolute atomic E-state index is 0.241. The highest BCUT2D eigenvalue weighted by molar-refractivity contribution is 6.06. The van der Waals surface area contributed by atoms with Crippen LogP contribution in [-0.4, -0.2) is 38.8 Å². The Morgan fingerprint density at radius 3 is 2.71 bits per heavy atom. The maximum absolute atomic E-state index is 12.7. The van der Waals surface area contributed by atoms with Crippen molar-refractivity contribution in [2.45, 2.75) is 0 Å². The molecule has 0 aliphatic carbocycles. The molecular formula is C22H17N7O2. The van der Waals surface area contributed by atoms with Crippen LogP contribution in [0.4, 0.5) is 5.69 Å². The summed E-state index contributed by atoms with van der Waals surface area (Å²) in [5.74, 6) is -0.594. The van der Waals surface area contributed by atoms with Gasteiger partial charge in [-0.25, -0.2) is 4.68 Å². The van der Waals surface area contributed by atoms with Crippen LogP contribution in [0.25, 0.3) is 22.8 Å². The number of aromatic nitrogens is 4. The number of benzene rings is 2. The van der Waals surface area contributed by atoms with Gasteiger partial charge in [-0.2, -0.15) is 5.26 Å². The van der Waals surface area contributed by atoms with Crippen molar-refractivity contribution in [2.24, 2.45) is 0 Å². The van der Waals surface area contributed by atoms with Crippen molar-refractivity contribution in [1.82, 2.24) is 25.3 Å². The predicted octanol–water partition coefficient (Wildman–Crippen LogP) is 2.89. The van der Waals surface area contributed by atoms with Gasteiger partial charge in [0.2, 0.25) is 0 Å². The van der Waals surface area contributed by atoms with Gasteiger partial charge in [0, 0.05) is 36.3 Å². The van der Waals surface area contributed by atoms with E-state index >= 15 is 0 Å². The Bertz CT molecular complexity index is 1340. The number of nitrogens with zero attached hydrogens (tertiary/aromatic N) is 4. The Hall–Kier alpha value is -4.71. The van der Waals surface area contributed by atoms with Gasteiger partial charge in [-0.05, 0) is 54.1 Å². The van der Waals surface area contributed by atoms with Crippen molar-refractivity contribution >= 4 is 40.3 Å². The lowest BCUT2D eigenvalue weighted by Crippen LogP contribution is -2.18. The monoisotopic (exact) mass is 411 g/mol. The lowest BCUT2D eigenvalue weighted by molar-refractivity contribution is 0.0961. The zero-order valence-corrected chi connectivity index (χ0v) is 16.5. The van der Waals surface area contributed by atoms with Crippen LogP contribution in [0.3, 0.4) is 0 Å². The molecule has 0 spiro atoms. The lowest BCUT2D eigenvalue weighted by atomic mass is 10.1. The van der Waals surface area contributed by atoms with Gasteiger partial charge in [-0.15, -0.1) is 5.10 Å². The van der Waals surface area contributed by atoms with Gasteiger partial charge in [0.25, 0.3) is 11.8 Å². The Morgan fingerprint density at radius 1 is 1.13 bits per heavy atom. The molecule has 0 unspecified atom stereocenters. The molecule has 2 heterocycles. The molecule has 0 saturated heterocycles. The van der Waals surface area contributed by atoms with E-state index in [-0.39, 0.29) is 11.8 Å². The number of allylic oxidation sites excluding steroid dienone is 1. The van der Waals surface area contributed by atoms with Crippen molar-refractivity contribution in [2.75, 3.05) is 12.4 Å². The van der Waals surface area contributed by atoms with Crippen LogP contribution in [0.15, 0.2) is 60.9 Å². The summed E-state index contributed by atoms with van der Waals surface area (Å²) in [6.45, 7) is 0. The van der Waals surface area contributed by atoms with Crippen molar-refractivity contribution in [1.29, 1.82) is 5.26 Å². The number of hydrogen-bond donors (Lipinski definition) is 3. The smallest absolute Gasteiger partial charge is 0.255 e. The zero-order chi connectivity index (χ0) is 21.8. The predicted molar refractivity (Wildman–Crippen MR) is 116 cm³/mol. The summed E-state index contributed by atoms with van der Waals surface area (Å²) in [6.07, 6.45) is 5.21. The number of rotatable bonds is 5. The molecule has 31 heavy (non-hydrogen) atoms. The minimum Gasteiger partial charge on any atom is -0.367 e. The average molecular weight is 411 g/mol. The van der Waals surface area contributed by atoms with Gasteiger partial charge >= 0.3 is 0 Å². The molecule has 0 bridgehead atoms. The van der Waals surface area contributed by atoms with Crippen molar-refractivity contribution < 1.29 is 9.59 Å². The van der Waals surface area contributed by atoms with Crippen molar-refractivity contribution in [3.63, 3.8) is 0 Å². The van der Waals surface area contributed by atoms with E-state index < -0.39 is 0 Å². The standard InChI is InChI=1S/C22H17N7O2/c1-24-21(30)15-3-2-4-17(10-15)26-22(31)16-5-6-20-19(11-16)27-28-29(20)18(12-23)9-14-7-8-25-13-14/h2-11,13,25H,1H3,(H,24,30)(H,26,31)/b18-9+. The second-order valence-electron chi connectivity index (χ2n) is 6.60. The van der Waals surface area contributed by atoms with E-state index in [9.17, 15) is 14.9 Å². The third-order valence-electron chi connectivity index (χ3n) is 4.59. The highest BCUT2D eigenvalue weighted by atomic mass is 16.2. The molecular weight excluding hydrogens is 394 g/mol. The molecule has 2 amide bonds. The van der Waals surface area contributed by atoms with Crippen molar-refractivity contribution in [3.05, 3.63) is 77.6 Å². The fraction of sp³-hybridized carbons (Fsp3) is 0.0455. The van der Waals surface area contributed by atoms with E-state index in [1.54, 1.807) is 68.0 Å². The van der Waals surface area contributed by atoms with Crippen LogP contribution in [0.1, 0.15) is 26.3 Å². The Morgan fingerprint density at radius 2 is 1.97 bits per heavy atom. The molecule has 9 nitrogen and oxygen atoms in total. The maximum Gasteiger partial charge on any atom is 0.255 e. The quantitative estimate of drug-likeness (QED) is 0.435. The molecule has 0 atom stereocenters. The zero-order valence-electron chi connectivity index (χ0n) is 16.5. The molecule has 0 fully saturated rings. The number of nitrogens with one attached hydrogen (secondary N) is 3. The average Bonchev–Trinajstić information content (AvgIpc) is 3.46.